The standard InChI is InChI=1S/C20H17FN2O3/c1-14-5-6-15(21)12-18(14)23-19(24)13-25-16-7-9-17(10-8-16)26-20-4-2-3-11-22-20/h2-12H,13H2,1H3,(H,23,24). The summed E-state index contributed by atoms with van der Waals surface area (Å²) in [5.41, 5.74) is 1.20. The van der Waals surface area contributed by atoms with Crippen molar-refractivity contribution in [2.75, 3.05) is 11.9 Å². The van der Waals surface area contributed by atoms with Gasteiger partial charge in [0.05, 0.1) is 0 Å². The first-order valence-electron chi connectivity index (χ1n) is 7.98. The Morgan fingerprint density at radius 1 is 1.08 bits per heavy atom. The summed E-state index contributed by atoms with van der Waals surface area (Å²) in [5, 5.41) is 2.63. The fourth-order valence-corrected chi connectivity index (χ4v) is 2.20. The Bertz CT molecular complexity index is 883. The lowest BCUT2D eigenvalue weighted by Crippen LogP contribution is -2.20. The van der Waals surface area contributed by atoms with Gasteiger partial charge < -0.3 is 14.8 Å². The predicted molar refractivity (Wildman–Crippen MR) is 96.0 cm³/mol. The van der Waals surface area contributed by atoms with Gasteiger partial charge in [0.25, 0.3) is 5.91 Å². The first kappa shape index (κ1) is 17.4. The number of ether oxygens (including phenoxy) is 2. The van der Waals surface area contributed by atoms with Gasteiger partial charge >= 0.3 is 0 Å². The van der Waals surface area contributed by atoms with Gasteiger partial charge in [0.1, 0.15) is 17.3 Å². The molecule has 6 heteroatoms. The van der Waals surface area contributed by atoms with Crippen LogP contribution in [-0.4, -0.2) is 17.5 Å². The Balaban J connectivity index is 1.53. The lowest BCUT2D eigenvalue weighted by Gasteiger charge is -2.10. The highest BCUT2D eigenvalue weighted by Crippen LogP contribution is 2.22. The summed E-state index contributed by atoms with van der Waals surface area (Å²) in [7, 11) is 0. The summed E-state index contributed by atoms with van der Waals surface area (Å²) >= 11 is 0. The minimum Gasteiger partial charge on any atom is -0.484 e. The van der Waals surface area contributed by atoms with Crippen molar-refractivity contribution in [3.63, 3.8) is 0 Å². The molecule has 3 rings (SSSR count). The van der Waals surface area contributed by atoms with E-state index in [0.29, 0.717) is 23.1 Å². The molecule has 0 radical (unpaired) electrons. The number of halogens is 1. The Hall–Kier alpha value is -3.41. The maximum atomic E-state index is 13.2. The number of aromatic nitrogens is 1. The van der Waals surface area contributed by atoms with Crippen LogP contribution in [0, 0.1) is 12.7 Å². The number of hydrogen-bond acceptors (Lipinski definition) is 4. The van der Waals surface area contributed by atoms with E-state index >= 15 is 0 Å². The van der Waals surface area contributed by atoms with Gasteiger partial charge in [-0.05, 0) is 55.0 Å². The van der Waals surface area contributed by atoms with Crippen molar-refractivity contribution in [3.05, 3.63) is 78.2 Å². The van der Waals surface area contributed by atoms with Gasteiger partial charge in [-0.2, -0.15) is 0 Å². The van der Waals surface area contributed by atoms with Crippen molar-refractivity contribution in [2.45, 2.75) is 6.92 Å². The van der Waals surface area contributed by atoms with Crippen LogP contribution in [0.2, 0.25) is 0 Å². The molecular formula is C20H17FN2O3. The van der Waals surface area contributed by atoms with Gasteiger partial charge in [0, 0.05) is 18.0 Å². The molecule has 3 aromatic rings. The van der Waals surface area contributed by atoms with Gasteiger partial charge in [0.2, 0.25) is 5.88 Å². The molecule has 0 saturated carbocycles. The van der Waals surface area contributed by atoms with E-state index in [0.717, 1.165) is 5.56 Å². The molecule has 0 saturated heterocycles. The van der Waals surface area contributed by atoms with Crippen LogP contribution in [-0.2, 0) is 4.79 Å². The lowest BCUT2D eigenvalue weighted by atomic mass is 10.2. The van der Waals surface area contributed by atoms with E-state index in [2.05, 4.69) is 10.3 Å². The van der Waals surface area contributed by atoms with Crippen molar-refractivity contribution in [2.24, 2.45) is 0 Å². The first-order valence-corrected chi connectivity index (χ1v) is 7.98. The zero-order valence-electron chi connectivity index (χ0n) is 14.1. The molecule has 2 aromatic carbocycles. The van der Waals surface area contributed by atoms with E-state index < -0.39 is 5.82 Å². The molecule has 5 nitrogen and oxygen atoms in total. The molecule has 0 fully saturated rings. The van der Waals surface area contributed by atoms with Crippen molar-refractivity contribution in [1.29, 1.82) is 0 Å². The summed E-state index contributed by atoms with van der Waals surface area (Å²) in [5.74, 6) is 0.842. The van der Waals surface area contributed by atoms with Gasteiger partial charge in [-0.25, -0.2) is 9.37 Å². The lowest BCUT2D eigenvalue weighted by molar-refractivity contribution is -0.118. The molecule has 1 N–H and O–H groups in total. The Morgan fingerprint density at radius 2 is 1.85 bits per heavy atom. The third-order valence-electron chi connectivity index (χ3n) is 3.53. The zero-order valence-corrected chi connectivity index (χ0v) is 14.1. The number of hydrogen-bond donors (Lipinski definition) is 1. The third-order valence-corrected chi connectivity index (χ3v) is 3.53. The second kappa shape index (κ2) is 8.11. The number of nitrogens with one attached hydrogen (secondary N) is 1. The predicted octanol–water partition coefficient (Wildman–Crippen LogP) is 4.34. The van der Waals surface area contributed by atoms with Crippen LogP contribution in [0.4, 0.5) is 10.1 Å². The zero-order chi connectivity index (χ0) is 18.4. The minimum absolute atomic E-state index is 0.184. The average Bonchev–Trinajstić information content (AvgIpc) is 2.65. The smallest absolute Gasteiger partial charge is 0.262 e. The van der Waals surface area contributed by atoms with E-state index in [1.807, 2.05) is 6.07 Å². The highest BCUT2D eigenvalue weighted by atomic mass is 19.1. The fourth-order valence-electron chi connectivity index (χ4n) is 2.20. The monoisotopic (exact) mass is 352 g/mol. The second-order valence-electron chi connectivity index (χ2n) is 5.54. The van der Waals surface area contributed by atoms with Crippen LogP contribution in [0.3, 0.4) is 0 Å². The quantitative estimate of drug-likeness (QED) is 0.717. The maximum absolute atomic E-state index is 13.2. The maximum Gasteiger partial charge on any atom is 0.262 e. The van der Waals surface area contributed by atoms with Crippen LogP contribution in [0.25, 0.3) is 0 Å². The van der Waals surface area contributed by atoms with E-state index in [9.17, 15) is 9.18 Å². The molecule has 0 atom stereocenters. The molecule has 0 aliphatic heterocycles. The topological polar surface area (TPSA) is 60.5 Å². The molecule has 0 aliphatic carbocycles. The minimum atomic E-state index is -0.407. The van der Waals surface area contributed by atoms with Crippen LogP contribution in [0.15, 0.2) is 66.9 Å². The van der Waals surface area contributed by atoms with Crippen LogP contribution < -0.4 is 14.8 Å². The average molecular weight is 352 g/mol. The number of nitrogens with zero attached hydrogens (tertiary/aromatic N) is 1. The van der Waals surface area contributed by atoms with Crippen molar-refractivity contribution in [3.8, 4) is 17.4 Å². The number of pyridine rings is 1. The van der Waals surface area contributed by atoms with Crippen LogP contribution >= 0.6 is 0 Å². The number of anilines is 1. The molecular weight excluding hydrogens is 335 g/mol. The van der Waals surface area contributed by atoms with Gasteiger partial charge in [-0.15, -0.1) is 0 Å². The van der Waals surface area contributed by atoms with E-state index in [4.69, 9.17) is 9.47 Å². The summed E-state index contributed by atoms with van der Waals surface area (Å²) in [4.78, 5) is 16.0. The Kier molecular flexibility index (Phi) is 5.43. The van der Waals surface area contributed by atoms with Gasteiger partial charge in [-0.3, -0.25) is 4.79 Å². The largest absolute Gasteiger partial charge is 0.484 e. The van der Waals surface area contributed by atoms with Gasteiger partial charge in [0.15, 0.2) is 6.61 Å². The van der Waals surface area contributed by atoms with Crippen molar-refractivity contribution in [1.82, 2.24) is 4.98 Å². The highest BCUT2D eigenvalue weighted by molar-refractivity contribution is 5.92. The van der Waals surface area contributed by atoms with Crippen molar-refractivity contribution >= 4 is 11.6 Å². The van der Waals surface area contributed by atoms with Crippen LogP contribution in [0.1, 0.15) is 5.56 Å². The van der Waals surface area contributed by atoms with E-state index in [1.165, 1.54) is 12.1 Å². The number of benzene rings is 2. The molecule has 1 amide bonds. The molecule has 0 unspecified atom stereocenters. The van der Waals surface area contributed by atoms with Gasteiger partial charge in [-0.1, -0.05) is 12.1 Å². The molecule has 0 bridgehead atoms. The van der Waals surface area contributed by atoms with E-state index in [1.54, 1.807) is 55.6 Å². The fraction of sp³-hybridized carbons (Fsp3) is 0.100. The van der Waals surface area contributed by atoms with Crippen LogP contribution in [0.5, 0.6) is 17.4 Å². The second-order valence-corrected chi connectivity index (χ2v) is 5.54. The summed E-state index contributed by atoms with van der Waals surface area (Å²) in [6, 6.07) is 16.4. The molecule has 1 heterocycles. The molecule has 26 heavy (non-hydrogen) atoms. The number of amides is 1. The highest BCUT2D eigenvalue weighted by Gasteiger charge is 2.07. The Labute approximate surface area is 150 Å². The Morgan fingerprint density at radius 3 is 2.58 bits per heavy atom. The SMILES string of the molecule is Cc1ccc(F)cc1NC(=O)COc1ccc(Oc2ccccn2)cc1. The summed E-state index contributed by atoms with van der Waals surface area (Å²) < 4.78 is 24.3. The molecule has 132 valence electrons. The normalized spacial score (nSPS) is 10.2. The number of carbonyl (C=O) groups excluding carboxylic acids is 1. The molecule has 0 spiro atoms. The number of rotatable bonds is 6. The van der Waals surface area contributed by atoms with E-state index in [-0.39, 0.29) is 12.5 Å². The molecule has 0 aliphatic rings. The third kappa shape index (κ3) is 4.80. The summed E-state index contributed by atoms with van der Waals surface area (Å²) in [6.45, 7) is 1.60. The number of carbonyl (C=O) groups is 1. The first-order chi connectivity index (χ1) is 12.6. The summed E-state index contributed by atoms with van der Waals surface area (Å²) in [6.07, 6.45) is 1.64. The van der Waals surface area contributed by atoms with Crippen molar-refractivity contribution < 1.29 is 18.7 Å². The molecule has 1 aromatic heterocycles. The number of aryl methyl sites for hydroxylation is 1.